The third-order valence-corrected chi connectivity index (χ3v) is 5.02. The maximum absolute atomic E-state index is 13.5. The third-order valence-electron chi connectivity index (χ3n) is 5.02. The predicted molar refractivity (Wildman–Crippen MR) is 117 cm³/mol. The summed E-state index contributed by atoms with van der Waals surface area (Å²) in [6.45, 7) is 8.37. The van der Waals surface area contributed by atoms with Gasteiger partial charge < -0.3 is 18.1 Å². The SMILES string of the molecule is CC(C)c1cccc(C(C)C)c1N=Cc1cc([B-](F)(F)F)cc(C(C)(C)C)c1O. The van der Waals surface area contributed by atoms with E-state index in [4.69, 9.17) is 0 Å². The Morgan fingerprint density at radius 3 is 1.90 bits per heavy atom. The van der Waals surface area contributed by atoms with Crippen LogP contribution < -0.4 is 5.46 Å². The first-order valence-electron chi connectivity index (χ1n) is 9.97. The zero-order chi connectivity index (χ0) is 22.1. The Labute approximate surface area is 171 Å². The molecule has 0 heterocycles. The number of phenols is 1. The zero-order valence-electron chi connectivity index (χ0n) is 18.2. The molecule has 2 aromatic carbocycles. The fourth-order valence-electron chi connectivity index (χ4n) is 3.33. The van der Waals surface area contributed by atoms with E-state index < -0.39 is 17.9 Å². The van der Waals surface area contributed by atoms with Crippen LogP contribution in [0.2, 0.25) is 0 Å². The number of hydrogen-bond acceptors (Lipinski definition) is 2. The Hall–Kier alpha value is -2.24. The Morgan fingerprint density at radius 1 is 0.966 bits per heavy atom. The van der Waals surface area contributed by atoms with Gasteiger partial charge in [-0.2, -0.15) is 0 Å². The van der Waals surface area contributed by atoms with Crippen molar-refractivity contribution >= 4 is 24.3 Å². The number of halogens is 3. The lowest BCUT2D eigenvalue weighted by Crippen LogP contribution is -2.35. The molecular weight excluding hydrogens is 374 g/mol. The molecule has 0 amide bonds. The molecule has 0 aromatic heterocycles. The second-order valence-corrected chi connectivity index (χ2v) is 9.18. The average molecular weight is 404 g/mol. The maximum atomic E-state index is 13.5. The fourth-order valence-corrected chi connectivity index (χ4v) is 3.33. The lowest BCUT2D eigenvalue weighted by molar-refractivity contribution is 0.445. The van der Waals surface area contributed by atoms with E-state index in [-0.39, 0.29) is 28.7 Å². The lowest BCUT2D eigenvalue weighted by Gasteiger charge is -2.25. The maximum Gasteiger partial charge on any atom is 0.509 e. The minimum Gasteiger partial charge on any atom is -0.507 e. The molecule has 0 saturated carbocycles. The van der Waals surface area contributed by atoms with Gasteiger partial charge in [0.1, 0.15) is 5.75 Å². The summed E-state index contributed by atoms with van der Waals surface area (Å²) in [6, 6.07) is 7.98. The van der Waals surface area contributed by atoms with Crippen LogP contribution in [0.1, 0.15) is 82.6 Å². The van der Waals surface area contributed by atoms with Crippen molar-refractivity contribution in [3.8, 4) is 5.75 Å². The second-order valence-electron chi connectivity index (χ2n) is 9.18. The molecule has 1 N–H and O–H groups in total. The Bertz CT molecular complexity index is 883. The van der Waals surface area contributed by atoms with Crippen molar-refractivity contribution in [1.29, 1.82) is 0 Å². The summed E-state index contributed by atoms with van der Waals surface area (Å²) in [7, 11) is 0. The molecule has 158 valence electrons. The van der Waals surface area contributed by atoms with Crippen LogP contribution in [0, 0.1) is 0 Å². The van der Waals surface area contributed by atoms with Crippen LogP contribution in [0.4, 0.5) is 18.6 Å². The number of para-hydroxylation sites is 1. The Kier molecular flexibility index (Phi) is 6.56. The molecule has 0 fully saturated rings. The van der Waals surface area contributed by atoms with Crippen LogP contribution in [0.5, 0.6) is 5.75 Å². The van der Waals surface area contributed by atoms with Gasteiger partial charge in [0.15, 0.2) is 0 Å². The van der Waals surface area contributed by atoms with Gasteiger partial charge in [-0.15, -0.1) is 5.46 Å². The van der Waals surface area contributed by atoms with E-state index in [1.54, 1.807) is 20.8 Å². The van der Waals surface area contributed by atoms with Gasteiger partial charge >= 0.3 is 6.98 Å². The summed E-state index contributed by atoms with van der Waals surface area (Å²) < 4.78 is 40.5. The van der Waals surface area contributed by atoms with E-state index in [1.165, 1.54) is 6.21 Å². The monoisotopic (exact) mass is 404 g/mol. The van der Waals surface area contributed by atoms with Gasteiger partial charge in [0, 0.05) is 11.8 Å². The third kappa shape index (κ3) is 5.23. The number of rotatable bonds is 5. The van der Waals surface area contributed by atoms with Crippen LogP contribution in [-0.2, 0) is 5.41 Å². The normalized spacial score (nSPS) is 13.1. The number of aliphatic imine (C=N–C) groups is 1. The van der Waals surface area contributed by atoms with Crippen LogP contribution in [0.3, 0.4) is 0 Å². The van der Waals surface area contributed by atoms with Crippen molar-refractivity contribution in [1.82, 2.24) is 0 Å². The Morgan fingerprint density at radius 2 is 1.48 bits per heavy atom. The van der Waals surface area contributed by atoms with Gasteiger partial charge in [-0.1, -0.05) is 78.8 Å². The summed E-state index contributed by atoms with van der Waals surface area (Å²) in [4.78, 5) is 4.58. The van der Waals surface area contributed by atoms with Gasteiger partial charge in [0.2, 0.25) is 0 Å². The van der Waals surface area contributed by atoms with Gasteiger partial charge in [0.05, 0.1) is 5.69 Å². The number of benzene rings is 2. The highest BCUT2D eigenvalue weighted by molar-refractivity contribution is 6.73. The summed E-state index contributed by atoms with van der Waals surface area (Å²) in [5.41, 5.74) is 1.80. The molecule has 0 saturated heterocycles. The molecule has 29 heavy (non-hydrogen) atoms. The van der Waals surface area contributed by atoms with Crippen molar-refractivity contribution in [2.24, 2.45) is 4.99 Å². The molecular formula is C23H30BF3NO-. The summed E-state index contributed by atoms with van der Waals surface area (Å²) in [5, 5.41) is 10.7. The lowest BCUT2D eigenvalue weighted by atomic mass is 9.74. The van der Waals surface area contributed by atoms with Crippen molar-refractivity contribution in [2.75, 3.05) is 0 Å². The van der Waals surface area contributed by atoms with E-state index in [1.807, 2.05) is 18.2 Å². The molecule has 0 radical (unpaired) electrons. The highest BCUT2D eigenvalue weighted by atomic mass is 19.4. The number of aromatic hydroxyl groups is 1. The number of hydrogen-bond donors (Lipinski definition) is 1. The van der Waals surface area contributed by atoms with Crippen LogP contribution in [0.25, 0.3) is 0 Å². The average Bonchev–Trinajstić information content (AvgIpc) is 2.58. The van der Waals surface area contributed by atoms with Crippen LogP contribution in [0.15, 0.2) is 35.3 Å². The smallest absolute Gasteiger partial charge is 0.507 e. The van der Waals surface area contributed by atoms with Crippen molar-refractivity contribution in [3.63, 3.8) is 0 Å². The molecule has 0 unspecified atom stereocenters. The molecule has 6 heteroatoms. The van der Waals surface area contributed by atoms with E-state index in [0.717, 1.165) is 28.9 Å². The minimum atomic E-state index is -5.19. The van der Waals surface area contributed by atoms with Gasteiger partial charge in [-0.05, 0) is 33.9 Å². The molecule has 0 aliphatic rings. The van der Waals surface area contributed by atoms with Crippen molar-refractivity contribution in [2.45, 2.75) is 65.7 Å². The van der Waals surface area contributed by atoms with Crippen LogP contribution >= 0.6 is 0 Å². The van der Waals surface area contributed by atoms with Crippen LogP contribution in [-0.4, -0.2) is 18.3 Å². The van der Waals surface area contributed by atoms with Gasteiger partial charge in [-0.25, -0.2) is 0 Å². The van der Waals surface area contributed by atoms with E-state index in [2.05, 4.69) is 32.7 Å². The first-order chi connectivity index (χ1) is 13.2. The summed E-state index contributed by atoms with van der Waals surface area (Å²) in [6.07, 6.45) is 1.36. The summed E-state index contributed by atoms with van der Waals surface area (Å²) >= 11 is 0. The van der Waals surface area contributed by atoms with E-state index in [0.29, 0.717) is 0 Å². The first-order valence-corrected chi connectivity index (χ1v) is 9.97. The Balaban J connectivity index is 2.71. The van der Waals surface area contributed by atoms with Crippen molar-refractivity contribution in [3.05, 3.63) is 52.6 Å². The first kappa shape index (κ1) is 23.0. The number of phenolic OH excluding ortho intramolecular Hbond substituents is 1. The molecule has 2 aromatic rings. The predicted octanol–water partition coefficient (Wildman–Crippen LogP) is 6.74. The standard InChI is InChI=1S/C23H30BF3NO/c1-14(2)18-9-8-10-19(15(3)4)21(18)28-13-16-11-17(24(25,26)27)12-20(22(16)29)23(5,6)7/h8-15,29H,1-7H3/q-1. The fraction of sp³-hybridized carbons (Fsp3) is 0.435. The highest BCUT2D eigenvalue weighted by Gasteiger charge is 2.30. The van der Waals surface area contributed by atoms with Gasteiger partial charge in [0.25, 0.3) is 0 Å². The van der Waals surface area contributed by atoms with E-state index in [9.17, 15) is 18.1 Å². The number of nitrogens with zero attached hydrogens (tertiary/aromatic N) is 1. The quantitative estimate of drug-likeness (QED) is 0.434. The molecule has 0 spiro atoms. The molecule has 0 bridgehead atoms. The topological polar surface area (TPSA) is 32.6 Å². The zero-order valence-corrected chi connectivity index (χ0v) is 18.2. The molecule has 0 atom stereocenters. The van der Waals surface area contributed by atoms with Gasteiger partial charge in [-0.3, -0.25) is 4.99 Å². The summed E-state index contributed by atoms with van der Waals surface area (Å²) in [5.74, 6) is 0.270. The largest absolute Gasteiger partial charge is 0.509 e. The minimum absolute atomic E-state index is 0.0832. The van der Waals surface area contributed by atoms with Crippen molar-refractivity contribution < 1.29 is 18.1 Å². The highest BCUT2D eigenvalue weighted by Crippen LogP contribution is 2.36. The molecule has 2 nitrogen and oxygen atoms in total. The molecule has 2 rings (SSSR count). The second kappa shape index (κ2) is 8.25. The molecule has 0 aliphatic heterocycles. The molecule has 0 aliphatic carbocycles. The van der Waals surface area contributed by atoms with E-state index >= 15 is 0 Å².